The molecule has 0 spiro atoms. The summed E-state index contributed by atoms with van der Waals surface area (Å²) in [6, 6.07) is 13.2. The van der Waals surface area contributed by atoms with Gasteiger partial charge in [0.25, 0.3) is 0 Å². The molecule has 9 heteroatoms. The topological polar surface area (TPSA) is 105 Å². The molecule has 1 aliphatic carbocycles. The van der Waals surface area contributed by atoms with Crippen molar-refractivity contribution >= 4 is 18.0 Å². The molecule has 3 rings (SSSR count). The summed E-state index contributed by atoms with van der Waals surface area (Å²) in [4.78, 5) is 35.7. The fourth-order valence-corrected chi connectivity index (χ4v) is 4.00. The van der Waals surface area contributed by atoms with Crippen LogP contribution in [0.5, 0.6) is 0 Å². The van der Waals surface area contributed by atoms with Crippen molar-refractivity contribution in [1.82, 2.24) is 10.6 Å². The van der Waals surface area contributed by atoms with E-state index in [0.29, 0.717) is 6.42 Å². The molecule has 33 heavy (non-hydrogen) atoms. The molecular formula is C24H26F2N2O5. The van der Waals surface area contributed by atoms with Crippen molar-refractivity contribution in [3.63, 3.8) is 0 Å². The Labute approximate surface area is 190 Å². The number of nitrogens with one attached hydrogen (secondary N) is 2. The Hall–Kier alpha value is -3.49. The SMILES string of the molecule is CCC(CC(=O)O)NC(=O)C(CC(F)F)NC(=O)OCC1c2ccccc2-c2ccccc21. The number of halogens is 2. The summed E-state index contributed by atoms with van der Waals surface area (Å²) in [6.07, 6.45) is -4.82. The molecule has 2 atom stereocenters. The first-order valence-corrected chi connectivity index (χ1v) is 10.7. The van der Waals surface area contributed by atoms with Crippen LogP contribution in [-0.4, -0.2) is 48.2 Å². The van der Waals surface area contributed by atoms with Gasteiger partial charge in [0, 0.05) is 18.4 Å². The van der Waals surface area contributed by atoms with Gasteiger partial charge in [0.2, 0.25) is 12.3 Å². The van der Waals surface area contributed by atoms with Crippen molar-refractivity contribution in [2.24, 2.45) is 0 Å². The second-order valence-corrected chi connectivity index (χ2v) is 7.86. The zero-order valence-corrected chi connectivity index (χ0v) is 18.1. The summed E-state index contributed by atoms with van der Waals surface area (Å²) >= 11 is 0. The second-order valence-electron chi connectivity index (χ2n) is 7.86. The number of hydrogen-bond donors (Lipinski definition) is 3. The van der Waals surface area contributed by atoms with Gasteiger partial charge in [-0.1, -0.05) is 55.5 Å². The highest BCUT2D eigenvalue weighted by molar-refractivity contribution is 5.86. The minimum Gasteiger partial charge on any atom is -0.481 e. The molecule has 0 saturated carbocycles. The Morgan fingerprint density at radius 3 is 2.09 bits per heavy atom. The molecule has 0 bridgehead atoms. The average Bonchev–Trinajstić information content (AvgIpc) is 3.10. The second kappa shape index (κ2) is 10.9. The predicted molar refractivity (Wildman–Crippen MR) is 117 cm³/mol. The molecule has 0 aliphatic heterocycles. The molecule has 0 aromatic heterocycles. The van der Waals surface area contributed by atoms with Crippen LogP contribution < -0.4 is 10.6 Å². The molecule has 2 aromatic rings. The maximum Gasteiger partial charge on any atom is 0.407 e. The van der Waals surface area contributed by atoms with Crippen LogP contribution in [-0.2, 0) is 14.3 Å². The van der Waals surface area contributed by atoms with E-state index in [1.807, 2.05) is 48.5 Å². The molecule has 3 N–H and O–H groups in total. The molecule has 176 valence electrons. The lowest BCUT2D eigenvalue weighted by molar-refractivity contribution is -0.137. The molecule has 2 amide bonds. The van der Waals surface area contributed by atoms with E-state index in [-0.39, 0.29) is 18.9 Å². The number of alkyl carbamates (subject to hydrolysis) is 1. The number of rotatable bonds is 10. The van der Waals surface area contributed by atoms with Crippen molar-refractivity contribution in [3.8, 4) is 11.1 Å². The molecule has 2 aromatic carbocycles. The van der Waals surface area contributed by atoms with Crippen LogP contribution in [0.4, 0.5) is 13.6 Å². The van der Waals surface area contributed by atoms with E-state index in [4.69, 9.17) is 9.84 Å². The van der Waals surface area contributed by atoms with E-state index >= 15 is 0 Å². The van der Waals surface area contributed by atoms with Gasteiger partial charge in [0.1, 0.15) is 12.6 Å². The number of carboxylic acid groups (broad SMARTS) is 1. The van der Waals surface area contributed by atoms with Gasteiger partial charge in [0.05, 0.1) is 6.42 Å². The standard InChI is InChI=1S/C24H26F2N2O5/c1-2-14(11-22(29)30)27-23(31)20(12-21(25)26)28-24(32)33-13-19-17-9-5-3-7-15(17)16-8-4-6-10-18(16)19/h3-10,14,19-21H,2,11-13H2,1H3,(H,27,31)(H,28,32)(H,29,30). The largest absolute Gasteiger partial charge is 0.481 e. The predicted octanol–water partition coefficient (Wildman–Crippen LogP) is 3.92. The molecule has 0 radical (unpaired) electrons. The van der Waals surface area contributed by atoms with Gasteiger partial charge in [-0.15, -0.1) is 0 Å². The number of ether oxygens (including phenoxy) is 1. The summed E-state index contributed by atoms with van der Waals surface area (Å²) in [6.45, 7) is 1.63. The van der Waals surface area contributed by atoms with Crippen molar-refractivity contribution < 1.29 is 33.0 Å². The highest BCUT2D eigenvalue weighted by Gasteiger charge is 2.31. The number of benzene rings is 2. The van der Waals surface area contributed by atoms with Gasteiger partial charge in [-0.2, -0.15) is 0 Å². The minimum atomic E-state index is -2.85. The van der Waals surface area contributed by atoms with Crippen LogP contribution in [0.25, 0.3) is 11.1 Å². The molecule has 0 heterocycles. The number of amides is 2. The third-order valence-electron chi connectivity index (χ3n) is 5.63. The number of carbonyl (C=O) groups excluding carboxylic acids is 2. The van der Waals surface area contributed by atoms with Crippen LogP contribution in [0.2, 0.25) is 0 Å². The fraction of sp³-hybridized carbons (Fsp3) is 0.375. The average molecular weight is 460 g/mol. The van der Waals surface area contributed by atoms with Crippen LogP contribution in [0, 0.1) is 0 Å². The van der Waals surface area contributed by atoms with E-state index < -0.39 is 42.9 Å². The van der Waals surface area contributed by atoms with E-state index in [9.17, 15) is 23.2 Å². The molecule has 7 nitrogen and oxygen atoms in total. The highest BCUT2D eigenvalue weighted by Crippen LogP contribution is 2.44. The fourth-order valence-electron chi connectivity index (χ4n) is 4.00. The lowest BCUT2D eigenvalue weighted by atomic mass is 9.98. The zero-order chi connectivity index (χ0) is 24.0. The van der Waals surface area contributed by atoms with Crippen molar-refractivity contribution in [2.45, 2.75) is 50.6 Å². The van der Waals surface area contributed by atoms with Gasteiger partial charge in [-0.25, -0.2) is 13.6 Å². The summed E-state index contributed by atoms with van der Waals surface area (Å²) in [7, 11) is 0. The molecule has 1 aliphatic rings. The van der Waals surface area contributed by atoms with Gasteiger partial charge in [0.15, 0.2) is 0 Å². The minimum absolute atomic E-state index is 0.0283. The third-order valence-corrected chi connectivity index (χ3v) is 5.63. The first kappa shape index (κ1) is 24.2. The van der Waals surface area contributed by atoms with Gasteiger partial charge in [-0.05, 0) is 28.7 Å². The van der Waals surface area contributed by atoms with Crippen LogP contribution >= 0.6 is 0 Å². The van der Waals surface area contributed by atoms with Crippen molar-refractivity contribution in [3.05, 3.63) is 59.7 Å². The zero-order valence-electron chi connectivity index (χ0n) is 18.1. The number of carbonyl (C=O) groups is 3. The number of aliphatic carboxylic acids is 1. The highest BCUT2D eigenvalue weighted by atomic mass is 19.3. The van der Waals surface area contributed by atoms with Gasteiger partial charge < -0.3 is 20.5 Å². The van der Waals surface area contributed by atoms with Gasteiger partial charge >= 0.3 is 12.1 Å². The van der Waals surface area contributed by atoms with Crippen molar-refractivity contribution in [2.75, 3.05) is 6.61 Å². The monoisotopic (exact) mass is 460 g/mol. The van der Waals surface area contributed by atoms with Crippen LogP contribution in [0.1, 0.15) is 43.2 Å². The van der Waals surface area contributed by atoms with E-state index in [1.54, 1.807) is 6.92 Å². The lowest BCUT2D eigenvalue weighted by Crippen LogP contribution is -2.50. The molecular weight excluding hydrogens is 434 g/mol. The quantitative estimate of drug-likeness (QED) is 0.499. The summed E-state index contributed by atoms with van der Waals surface area (Å²) < 4.78 is 31.4. The number of carboxylic acids is 1. The first-order valence-electron chi connectivity index (χ1n) is 10.7. The normalized spacial score (nSPS) is 14.2. The molecule has 0 saturated heterocycles. The van der Waals surface area contributed by atoms with E-state index in [2.05, 4.69) is 10.6 Å². The Balaban J connectivity index is 1.65. The number of fused-ring (bicyclic) bond motifs is 3. The Morgan fingerprint density at radius 1 is 1.00 bits per heavy atom. The summed E-state index contributed by atoms with van der Waals surface area (Å²) in [5.41, 5.74) is 4.07. The Bertz CT molecular complexity index is 968. The summed E-state index contributed by atoms with van der Waals surface area (Å²) in [5, 5.41) is 13.5. The maximum atomic E-state index is 13.0. The van der Waals surface area contributed by atoms with E-state index in [0.717, 1.165) is 22.3 Å². The number of alkyl halides is 2. The molecule has 0 fully saturated rings. The lowest BCUT2D eigenvalue weighted by Gasteiger charge is -2.22. The van der Waals surface area contributed by atoms with E-state index in [1.165, 1.54) is 0 Å². The first-order chi connectivity index (χ1) is 15.8. The summed E-state index contributed by atoms with van der Waals surface area (Å²) in [5.74, 6) is -2.22. The van der Waals surface area contributed by atoms with Crippen LogP contribution in [0.3, 0.4) is 0 Å². The smallest absolute Gasteiger partial charge is 0.407 e. The van der Waals surface area contributed by atoms with Crippen molar-refractivity contribution in [1.29, 1.82) is 0 Å². The number of hydrogen-bond acceptors (Lipinski definition) is 4. The maximum absolute atomic E-state index is 13.0. The third kappa shape index (κ3) is 6.06. The van der Waals surface area contributed by atoms with Gasteiger partial charge in [-0.3, -0.25) is 9.59 Å². The van der Waals surface area contributed by atoms with Crippen LogP contribution in [0.15, 0.2) is 48.5 Å². The molecule has 2 unspecified atom stereocenters. The Morgan fingerprint density at radius 2 is 1.58 bits per heavy atom. The Kier molecular flexibility index (Phi) is 7.97.